The maximum atomic E-state index is 12.8. The minimum atomic E-state index is -4.36. The van der Waals surface area contributed by atoms with Crippen molar-refractivity contribution in [3.8, 4) is 28.9 Å². The zero-order valence-electron chi connectivity index (χ0n) is 29.7. The first-order valence-corrected chi connectivity index (χ1v) is 18.8. The number of nitrogens with zero attached hydrogens (tertiary/aromatic N) is 8. The van der Waals surface area contributed by atoms with Crippen molar-refractivity contribution in [1.82, 2.24) is 54.7 Å². The van der Waals surface area contributed by atoms with E-state index in [2.05, 4.69) is 41.1 Å². The van der Waals surface area contributed by atoms with Gasteiger partial charge in [0, 0.05) is 18.7 Å². The van der Waals surface area contributed by atoms with Crippen molar-refractivity contribution in [3.63, 3.8) is 0 Å². The van der Waals surface area contributed by atoms with Gasteiger partial charge >= 0.3 is 6.03 Å². The normalized spacial score (nSPS) is 12.4. The Hall–Kier alpha value is -6.69. The van der Waals surface area contributed by atoms with Gasteiger partial charge in [0.15, 0.2) is 5.03 Å². The van der Waals surface area contributed by atoms with Crippen LogP contribution in [0.1, 0.15) is 33.6 Å². The Bertz CT molecular complexity index is 2410. The molecular formula is C31H34N12O10S2. The first kappa shape index (κ1) is 39.5. The highest BCUT2D eigenvalue weighted by Gasteiger charge is 2.29. The number of urea groups is 1. The summed E-state index contributed by atoms with van der Waals surface area (Å²) in [5, 5.41) is 20.0. The van der Waals surface area contributed by atoms with Gasteiger partial charge in [0.05, 0.1) is 56.7 Å². The zero-order valence-corrected chi connectivity index (χ0v) is 31.4. The van der Waals surface area contributed by atoms with E-state index in [-0.39, 0.29) is 62.3 Å². The third kappa shape index (κ3) is 9.85. The predicted octanol–water partition coefficient (Wildman–Crippen LogP) is 0.634. The van der Waals surface area contributed by atoms with Gasteiger partial charge in [-0.2, -0.15) is 28.3 Å². The number of aromatic nitrogens is 8. The van der Waals surface area contributed by atoms with Crippen LogP contribution in [0.4, 0.5) is 10.7 Å². The number of benzene rings is 2. The Balaban J connectivity index is 0.000000212. The Morgan fingerprint density at radius 2 is 1.47 bits per heavy atom. The predicted molar refractivity (Wildman–Crippen MR) is 190 cm³/mol. The molecule has 55 heavy (non-hydrogen) atoms. The topological polar surface area (TPSA) is 282 Å². The number of rotatable bonds is 12. The van der Waals surface area contributed by atoms with Crippen molar-refractivity contribution in [3.05, 3.63) is 71.9 Å². The van der Waals surface area contributed by atoms with Gasteiger partial charge in [-0.3, -0.25) is 19.6 Å². The number of sulfonamides is 2. The lowest BCUT2D eigenvalue weighted by molar-refractivity contribution is 0.0948. The Morgan fingerprint density at radius 1 is 0.818 bits per heavy atom. The SMILES string of the molecule is COc1cc(OC)nc(NC(=O)NS(=O)(=O)c2c(-c3nnn(C)n3)cnn2C)n1.COc1ccccc1C(=O)NS(=O)(=O)c1ccc(C(=O)NC2CC2)cc1. The van der Waals surface area contributed by atoms with Gasteiger partial charge in [-0.05, 0) is 54.5 Å². The maximum absolute atomic E-state index is 12.8. The Labute approximate surface area is 313 Å². The molecule has 1 fully saturated rings. The number of methoxy groups -OCH3 is 3. The minimum absolute atomic E-state index is 0.0299. The molecule has 0 saturated heterocycles. The van der Waals surface area contributed by atoms with Gasteiger partial charge < -0.3 is 19.5 Å². The Morgan fingerprint density at radius 3 is 2.05 bits per heavy atom. The second-order valence-electron chi connectivity index (χ2n) is 11.3. The third-order valence-corrected chi connectivity index (χ3v) is 10.2. The van der Waals surface area contributed by atoms with Crippen LogP contribution in [0.3, 0.4) is 0 Å². The van der Waals surface area contributed by atoms with E-state index in [0.717, 1.165) is 22.3 Å². The van der Waals surface area contributed by atoms with Crippen molar-refractivity contribution in [2.24, 2.45) is 14.1 Å². The number of amides is 4. The molecule has 0 aliphatic heterocycles. The molecule has 2 aromatic carbocycles. The summed E-state index contributed by atoms with van der Waals surface area (Å²) in [5.74, 6) is -0.743. The number of hydrogen-bond donors (Lipinski definition) is 4. The van der Waals surface area contributed by atoms with Crippen molar-refractivity contribution in [2.75, 3.05) is 26.6 Å². The molecule has 3 heterocycles. The molecule has 3 aromatic heterocycles. The highest BCUT2D eigenvalue weighted by atomic mass is 32.2. The van der Waals surface area contributed by atoms with Crippen LogP contribution in [0, 0.1) is 0 Å². The summed E-state index contributed by atoms with van der Waals surface area (Å²) in [6, 6.07) is 12.2. The molecular weight excluding hydrogens is 765 g/mol. The number of carbonyl (C=O) groups is 3. The van der Waals surface area contributed by atoms with Crippen molar-refractivity contribution >= 4 is 43.8 Å². The lowest BCUT2D eigenvalue weighted by Gasteiger charge is -2.10. The van der Waals surface area contributed by atoms with Crippen LogP contribution >= 0.6 is 0 Å². The molecule has 0 bridgehead atoms. The molecule has 0 atom stereocenters. The van der Waals surface area contributed by atoms with Gasteiger partial charge in [-0.1, -0.05) is 12.1 Å². The van der Waals surface area contributed by atoms with Crippen molar-refractivity contribution in [2.45, 2.75) is 28.8 Å². The van der Waals surface area contributed by atoms with Crippen LogP contribution in [0.15, 0.2) is 70.7 Å². The summed E-state index contributed by atoms with van der Waals surface area (Å²) < 4.78 is 70.3. The van der Waals surface area contributed by atoms with Crippen LogP contribution in [0.5, 0.6) is 17.5 Å². The third-order valence-electron chi connectivity index (χ3n) is 7.36. The van der Waals surface area contributed by atoms with Crippen LogP contribution in [-0.4, -0.2) is 102 Å². The number of anilines is 1. The Kier molecular flexibility index (Phi) is 11.9. The molecule has 1 saturated carbocycles. The lowest BCUT2D eigenvalue weighted by atomic mass is 10.2. The van der Waals surface area contributed by atoms with Crippen LogP contribution < -0.4 is 34.3 Å². The second-order valence-corrected chi connectivity index (χ2v) is 14.6. The molecule has 0 spiro atoms. The maximum Gasteiger partial charge on any atom is 0.335 e. The summed E-state index contributed by atoms with van der Waals surface area (Å²) in [6.45, 7) is 0. The monoisotopic (exact) mass is 798 g/mol. The van der Waals surface area contributed by atoms with E-state index in [1.54, 1.807) is 18.2 Å². The fourth-order valence-electron chi connectivity index (χ4n) is 4.61. The number of aryl methyl sites for hydroxylation is 2. The van der Waals surface area contributed by atoms with Crippen molar-refractivity contribution in [1.29, 1.82) is 0 Å². The molecule has 1 aliphatic carbocycles. The van der Waals surface area contributed by atoms with E-state index >= 15 is 0 Å². The van der Waals surface area contributed by atoms with E-state index in [4.69, 9.17) is 14.2 Å². The van der Waals surface area contributed by atoms with Crippen molar-refractivity contribution < 1.29 is 45.4 Å². The van der Waals surface area contributed by atoms with E-state index in [1.165, 1.54) is 78.0 Å². The van der Waals surface area contributed by atoms with E-state index in [1.807, 2.05) is 9.44 Å². The molecule has 5 aromatic rings. The quantitative estimate of drug-likeness (QED) is 0.135. The number of carbonyl (C=O) groups excluding carboxylic acids is 3. The summed E-state index contributed by atoms with van der Waals surface area (Å²) in [6.07, 6.45) is 3.18. The second kappa shape index (κ2) is 16.5. The zero-order chi connectivity index (χ0) is 39.9. The fraction of sp³-hybridized carbons (Fsp3) is 0.258. The van der Waals surface area contributed by atoms with Gasteiger partial charge in [0.1, 0.15) is 5.75 Å². The average molecular weight is 799 g/mol. The molecule has 0 radical (unpaired) electrons. The summed E-state index contributed by atoms with van der Waals surface area (Å²) in [4.78, 5) is 45.3. The first-order valence-electron chi connectivity index (χ1n) is 15.8. The molecule has 22 nitrogen and oxygen atoms in total. The summed E-state index contributed by atoms with van der Waals surface area (Å²) in [5.41, 5.74) is 0.547. The van der Waals surface area contributed by atoms with Crippen LogP contribution in [0.25, 0.3) is 11.4 Å². The molecule has 0 unspecified atom stereocenters. The standard InChI is InChI=1S/C18H18N2O5S.C13H16N10O5S/c1-25-16-5-3-2-4-15(16)18(22)20-26(23,24)14-10-6-12(7-11-14)17(21)19-13-8-9-13;1-22-11(7(6-14-22)10-18-21-23(2)19-10)29(25,26)20-13(24)17-12-15-8(27-3)5-9(16-12)28-4/h2-7,10-11,13H,8-9H2,1H3,(H,19,21)(H,20,22);5-6H,1-4H3,(H2,15,16,17,20,24). The molecule has 1 aliphatic rings. The summed E-state index contributed by atoms with van der Waals surface area (Å²) in [7, 11) is -1.40. The van der Waals surface area contributed by atoms with Gasteiger partial charge in [0.25, 0.3) is 31.9 Å². The number of ether oxygens (including phenoxy) is 3. The highest BCUT2D eigenvalue weighted by molar-refractivity contribution is 7.90. The van der Waals surface area contributed by atoms with Gasteiger partial charge in [-0.25, -0.2) is 22.7 Å². The van der Waals surface area contributed by atoms with E-state index in [9.17, 15) is 31.2 Å². The largest absolute Gasteiger partial charge is 0.496 e. The fourth-order valence-corrected chi connectivity index (χ4v) is 6.79. The highest BCUT2D eigenvalue weighted by Crippen LogP contribution is 2.24. The summed E-state index contributed by atoms with van der Waals surface area (Å²) >= 11 is 0. The first-order chi connectivity index (χ1) is 26.1. The van der Waals surface area contributed by atoms with Gasteiger partial charge in [-0.15, -0.1) is 10.2 Å². The smallest absolute Gasteiger partial charge is 0.335 e. The lowest BCUT2D eigenvalue weighted by Crippen LogP contribution is -2.36. The molecule has 290 valence electrons. The molecule has 24 heteroatoms. The minimum Gasteiger partial charge on any atom is -0.496 e. The van der Waals surface area contributed by atoms with Gasteiger partial charge in [0.2, 0.25) is 23.5 Å². The molecule has 4 amide bonds. The average Bonchev–Trinajstić information content (AvgIpc) is 3.72. The number of hydrogen-bond acceptors (Lipinski definition) is 16. The molecule has 6 rings (SSSR count). The number of para-hydroxylation sites is 1. The van der Waals surface area contributed by atoms with E-state index in [0.29, 0.717) is 5.56 Å². The van der Waals surface area contributed by atoms with Crippen LogP contribution in [-0.2, 0) is 34.1 Å². The van der Waals surface area contributed by atoms with Crippen LogP contribution in [0.2, 0.25) is 0 Å². The number of tetrazole rings is 1. The molecule has 4 N–H and O–H groups in total. The number of nitrogens with one attached hydrogen (secondary N) is 4. The van der Waals surface area contributed by atoms with E-state index < -0.39 is 32.0 Å².